The predicted octanol–water partition coefficient (Wildman–Crippen LogP) is 1.97. The molecule has 2 aromatic rings. The summed E-state index contributed by atoms with van der Waals surface area (Å²) in [5, 5.41) is 10.0. The molecule has 7 nitrogen and oxygen atoms in total. The molecule has 96 valence electrons. The number of anilines is 2. The molecule has 0 spiro atoms. The number of nitrogens with zero attached hydrogens (tertiary/aromatic N) is 4. The van der Waals surface area contributed by atoms with Crippen molar-refractivity contribution in [3.05, 3.63) is 22.5 Å². The number of halogens is 1. The fraction of sp³-hybridized carbons (Fsp3) is 0.400. The number of hydrogen-bond donors (Lipinski definition) is 2. The fourth-order valence-electron chi connectivity index (χ4n) is 1.36. The maximum atomic E-state index is 4.89. The lowest BCUT2D eigenvalue weighted by atomic mass is 10.5. The predicted molar refractivity (Wildman–Crippen MR) is 70.3 cm³/mol. The third kappa shape index (κ3) is 2.95. The maximum absolute atomic E-state index is 4.89. The van der Waals surface area contributed by atoms with Gasteiger partial charge in [-0.3, -0.25) is 0 Å². The maximum Gasteiger partial charge on any atom is 0.223 e. The SMILES string of the molecule is CCNc1ncnc(NCc2noc(C)n2)c1Br. The van der Waals surface area contributed by atoms with Crippen molar-refractivity contribution in [3.8, 4) is 0 Å². The van der Waals surface area contributed by atoms with Crippen molar-refractivity contribution < 1.29 is 4.52 Å². The minimum absolute atomic E-state index is 0.443. The summed E-state index contributed by atoms with van der Waals surface area (Å²) >= 11 is 3.45. The van der Waals surface area contributed by atoms with Crippen LogP contribution in [-0.4, -0.2) is 26.7 Å². The number of aromatic nitrogens is 4. The van der Waals surface area contributed by atoms with Gasteiger partial charge in [0.25, 0.3) is 0 Å². The standard InChI is InChI=1S/C10H13BrN6O/c1-3-12-9-8(11)10(15-5-14-9)13-4-7-16-6(2)18-17-7/h5H,3-4H2,1-2H3,(H2,12,13,14,15). The third-order valence-corrected chi connectivity index (χ3v) is 2.87. The molecule has 2 aromatic heterocycles. The van der Waals surface area contributed by atoms with E-state index in [9.17, 15) is 0 Å². The van der Waals surface area contributed by atoms with E-state index in [2.05, 4.69) is 46.7 Å². The topological polar surface area (TPSA) is 88.8 Å². The van der Waals surface area contributed by atoms with Crippen LogP contribution in [0.1, 0.15) is 18.6 Å². The van der Waals surface area contributed by atoms with E-state index in [4.69, 9.17) is 4.52 Å². The van der Waals surface area contributed by atoms with Crippen LogP contribution in [0, 0.1) is 6.92 Å². The van der Waals surface area contributed by atoms with Gasteiger partial charge in [0.1, 0.15) is 22.4 Å². The minimum atomic E-state index is 0.443. The number of nitrogens with one attached hydrogen (secondary N) is 2. The molecule has 0 atom stereocenters. The Balaban J connectivity index is 2.07. The van der Waals surface area contributed by atoms with Crippen LogP contribution in [0.3, 0.4) is 0 Å². The second-order valence-electron chi connectivity index (χ2n) is 3.50. The van der Waals surface area contributed by atoms with Crippen LogP contribution >= 0.6 is 15.9 Å². The number of rotatable bonds is 5. The summed E-state index contributed by atoms with van der Waals surface area (Å²) in [6.45, 7) is 4.99. The molecule has 0 amide bonds. The summed E-state index contributed by atoms with van der Waals surface area (Å²) in [5.41, 5.74) is 0. The van der Waals surface area contributed by atoms with E-state index in [1.165, 1.54) is 6.33 Å². The fourth-order valence-corrected chi connectivity index (χ4v) is 1.84. The Labute approximate surface area is 113 Å². The quantitative estimate of drug-likeness (QED) is 0.872. The molecular formula is C10H13BrN6O. The Morgan fingerprint density at radius 1 is 1.28 bits per heavy atom. The van der Waals surface area contributed by atoms with Crippen molar-refractivity contribution in [1.82, 2.24) is 20.1 Å². The summed E-state index contributed by atoms with van der Waals surface area (Å²) in [5.74, 6) is 2.56. The zero-order valence-electron chi connectivity index (χ0n) is 10.1. The zero-order chi connectivity index (χ0) is 13.0. The molecule has 18 heavy (non-hydrogen) atoms. The molecule has 0 aliphatic rings. The largest absolute Gasteiger partial charge is 0.369 e. The molecule has 0 saturated carbocycles. The lowest BCUT2D eigenvalue weighted by Crippen LogP contribution is -2.07. The average Bonchev–Trinajstić information content (AvgIpc) is 2.77. The summed E-state index contributed by atoms with van der Waals surface area (Å²) in [6, 6.07) is 0. The van der Waals surface area contributed by atoms with Crippen molar-refractivity contribution in [1.29, 1.82) is 0 Å². The van der Waals surface area contributed by atoms with Crippen molar-refractivity contribution in [2.24, 2.45) is 0 Å². The lowest BCUT2D eigenvalue weighted by molar-refractivity contribution is 0.388. The highest BCUT2D eigenvalue weighted by molar-refractivity contribution is 9.10. The number of hydrogen-bond acceptors (Lipinski definition) is 7. The average molecular weight is 313 g/mol. The van der Waals surface area contributed by atoms with E-state index in [0.717, 1.165) is 16.8 Å². The Hall–Kier alpha value is -1.70. The van der Waals surface area contributed by atoms with Crippen LogP contribution in [0.4, 0.5) is 11.6 Å². The van der Waals surface area contributed by atoms with E-state index in [1.807, 2.05) is 6.92 Å². The van der Waals surface area contributed by atoms with Gasteiger partial charge in [0.2, 0.25) is 5.89 Å². The number of aryl methyl sites for hydroxylation is 1. The molecule has 0 aliphatic carbocycles. The van der Waals surface area contributed by atoms with E-state index >= 15 is 0 Å². The molecule has 2 heterocycles. The van der Waals surface area contributed by atoms with Crippen LogP contribution in [0.25, 0.3) is 0 Å². The van der Waals surface area contributed by atoms with Gasteiger partial charge in [0.05, 0.1) is 6.54 Å². The van der Waals surface area contributed by atoms with Crippen LogP contribution < -0.4 is 10.6 Å². The Bertz CT molecular complexity index is 529. The van der Waals surface area contributed by atoms with Gasteiger partial charge in [-0.15, -0.1) is 0 Å². The smallest absolute Gasteiger partial charge is 0.223 e. The summed E-state index contributed by atoms with van der Waals surface area (Å²) in [6.07, 6.45) is 1.49. The van der Waals surface area contributed by atoms with Crippen molar-refractivity contribution >= 4 is 27.6 Å². The Morgan fingerprint density at radius 3 is 2.61 bits per heavy atom. The van der Waals surface area contributed by atoms with Gasteiger partial charge in [-0.25, -0.2) is 9.97 Å². The van der Waals surface area contributed by atoms with Crippen molar-refractivity contribution in [3.63, 3.8) is 0 Å². The highest BCUT2D eigenvalue weighted by Crippen LogP contribution is 2.26. The first-order chi connectivity index (χ1) is 8.70. The van der Waals surface area contributed by atoms with Gasteiger partial charge in [-0.2, -0.15) is 4.98 Å². The van der Waals surface area contributed by atoms with Gasteiger partial charge in [0, 0.05) is 13.5 Å². The molecule has 0 saturated heterocycles. The van der Waals surface area contributed by atoms with E-state index in [-0.39, 0.29) is 0 Å². The minimum Gasteiger partial charge on any atom is -0.369 e. The van der Waals surface area contributed by atoms with E-state index in [0.29, 0.717) is 24.1 Å². The molecule has 2 rings (SSSR count). The lowest BCUT2D eigenvalue weighted by Gasteiger charge is -2.09. The van der Waals surface area contributed by atoms with Crippen LogP contribution in [-0.2, 0) is 6.54 Å². The highest BCUT2D eigenvalue weighted by atomic mass is 79.9. The Morgan fingerprint density at radius 2 is 2.00 bits per heavy atom. The Kier molecular flexibility index (Phi) is 4.08. The van der Waals surface area contributed by atoms with Gasteiger partial charge in [0.15, 0.2) is 5.82 Å². The molecule has 2 N–H and O–H groups in total. The van der Waals surface area contributed by atoms with Crippen molar-refractivity contribution in [2.75, 3.05) is 17.2 Å². The normalized spacial score (nSPS) is 10.4. The third-order valence-electron chi connectivity index (χ3n) is 2.12. The van der Waals surface area contributed by atoms with Gasteiger partial charge < -0.3 is 15.2 Å². The summed E-state index contributed by atoms with van der Waals surface area (Å²) < 4.78 is 5.67. The molecule has 0 aliphatic heterocycles. The molecule has 0 radical (unpaired) electrons. The molecule has 0 bridgehead atoms. The highest BCUT2D eigenvalue weighted by Gasteiger charge is 2.09. The van der Waals surface area contributed by atoms with E-state index < -0.39 is 0 Å². The molecule has 0 fully saturated rings. The first kappa shape index (κ1) is 12.7. The first-order valence-electron chi connectivity index (χ1n) is 5.48. The van der Waals surface area contributed by atoms with Gasteiger partial charge in [-0.05, 0) is 22.9 Å². The zero-order valence-corrected chi connectivity index (χ0v) is 11.7. The first-order valence-corrected chi connectivity index (χ1v) is 6.27. The van der Waals surface area contributed by atoms with Crippen LogP contribution in [0.2, 0.25) is 0 Å². The summed E-state index contributed by atoms with van der Waals surface area (Å²) in [7, 11) is 0. The van der Waals surface area contributed by atoms with E-state index in [1.54, 1.807) is 6.92 Å². The molecule has 8 heteroatoms. The monoisotopic (exact) mass is 312 g/mol. The van der Waals surface area contributed by atoms with Gasteiger partial charge >= 0.3 is 0 Å². The van der Waals surface area contributed by atoms with Crippen LogP contribution in [0.5, 0.6) is 0 Å². The van der Waals surface area contributed by atoms with Crippen LogP contribution in [0.15, 0.2) is 15.3 Å². The molecule has 0 aromatic carbocycles. The molecule has 0 unspecified atom stereocenters. The summed E-state index contributed by atoms with van der Waals surface area (Å²) in [4.78, 5) is 12.4. The second kappa shape index (κ2) is 5.76. The second-order valence-corrected chi connectivity index (χ2v) is 4.29. The molecular weight excluding hydrogens is 300 g/mol. The van der Waals surface area contributed by atoms with Crippen molar-refractivity contribution in [2.45, 2.75) is 20.4 Å². The van der Waals surface area contributed by atoms with Gasteiger partial charge in [-0.1, -0.05) is 5.16 Å².